The summed E-state index contributed by atoms with van der Waals surface area (Å²) in [6, 6.07) is -0.0420. The topological polar surface area (TPSA) is 66.8 Å². The molecule has 0 aromatic carbocycles. The Morgan fingerprint density at radius 2 is 1.89 bits per heavy atom. The maximum Gasteiger partial charge on any atom is 0.323 e. The van der Waals surface area contributed by atoms with Gasteiger partial charge in [-0.05, 0) is 33.6 Å². The van der Waals surface area contributed by atoms with Gasteiger partial charge in [0.1, 0.15) is 6.54 Å². The lowest BCUT2D eigenvalue weighted by Gasteiger charge is -2.27. The largest absolute Gasteiger partial charge is 0.480 e. The van der Waals surface area contributed by atoms with Crippen LogP contribution in [0.5, 0.6) is 0 Å². The van der Waals surface area contributed by atoms with Crippen LogP contribution in [0.1, 0.15) is 47.0 Å². The predicted molar refractivity (Wildman–Crippen MR) is 69.4 cm³/mol. The van der Waals surface area contributed by atoms with Gasteiger partial charge in [0, 0.05) is 19.1 Å². The van der Waals surface area contributed by atoms with E-state index in [4.69, 9.17) is 9.84 Å². The zero-order valence-electron chi connectivity index (χ0n) is 11.8. The zero-order valence-corrected chi connectivity index (χ0v) is 11.8. The summed E-state index contributed by atoms with van der Waals surface area (Å²) in [5, 5.41) is 8.80. The van der Waals surface area contributed by atoms with Crippen LogP contribution < -0.4 is 0 Å². The quantitative estimate of drug-likeness (QED) is 0.642. The number of carbonyl (C=O) groups is 2. The Kier molecular flexibility index (Phi) is 8.37. The van der Waals surface area contributed by atoms with Crippen molar-refractivity contribution in [1.29, 1.82) is 0 Å². The summed E-state index contributed by atoms with van der Waals surface area (Å²) in [6.45, 7) is 8.00. The van der Waals surface area contributed by atoms with Crippen LogP contribution in [-0.2, 0) is 14.3 Å². The van der Waals surface area contributed by atoms with Crippen molar-refractivity contribution < 1.29 is 19.4 Å². The molecule has 1 amide bonds. The molecule has 106 valence electrons. The van der Waals surface area contributed by atoms with E-state index in [1.807, 2.05) is 27.7 Å². The molecule has 0 saturated heterocycles. The fraction of sp³-hybridized carbons (Fsp3) is 0.846. The molecule has 0 aromatic rings. The highest BCUT2D eigenvalue weighted by Crippen LogP contribution is 2.07. The van der Waals surface area contributed by atoms with Crippen LogP contribution in [0.25, 0.3) is 0 Å². The second kappa shape index (κ2) is 8.91. The lowest BCUT2D eigenvalue weighted by Crippen LogP contribution is -2.41. The molecule has 5 nitrogen and oxygen atoms in total. The minimum absolute atomic E-state index is 0.0420. The number of ether oxygens (including phenoxy) is 1. The normalized spacial score (nSPS) is 12.5. The summed E-state index contributed by atoms with van der Waals surface area (Å²) in [5.41, 5.74) is 0. The third-order valence-electron chi connectivity index (χ3n) is 2.73. The third-order valence-corrected chi connectivity index (χ3v) is 2.73. The Balaban J connectivity index is 4.17. The van der Waals surface area contributed by atoms with Gasteiger partial charge in [0.05, 0.1) is 6.10 Å². The fourth-order valence-corrected chi connectivity index (χ4v) is 1.54. The number of carboxylic acids is 1. The van der Waals surface area contributed by atoms with Crippen molar-refractivity contribution in [1.82, 2.24) is 4.90 Å². The molecule has 18 heavy (non-hydrogen) atoms. The summed E-state index contributed by atoms with van der Waals surface area (Å²) in [4.78, 5) is 24.1. The van der Waals surface area contributed by atoms with E-state index in [1.54, 1.807) is 0 Å². The molecule has 0 aromatic heterocycles. The smallest absolute Gasteiger partial charge is 0.323 e. The van der Waals surface area contributed by atoms with Crippen LogP contribution >= 0.6 is 0 Å². The van der Waals surface area contributed by atoms with Gasteiger partial charge in [0.15, 0.2) is 0 Å². The average molecular weight is 259 g/mol. The monoisotopic (exact) mass is 259 g/mol. The number of hydrogen-bond donors (Lipinski definition) is 1. The van der Waals surface area contributed by atoms with Crippen molar-refractivity contribution in [2.75, 3.05) is 13.2 Å². The Hall–Kier alpha value is -1.10. The lowest BCUT2D eigenvalue weighted by molar-refractivity contribution is -0.146. The molecule has 0 heterocycles. The van der Waals surface area contributed by atoms with Crippen LogP contribution in [0.4, 0.5) is 0 Å². The van der Waals surface area contributed by atoms with Gasteiger partial charge < -0.3 is 14.7 Å². The summed E-state index contributed by atoms with van der Waals surface area (Å²) in [7, 11) is 0. The van der Waals surface area contributed by atoms with E-state index in [-0.39, 0.29) is 24.6 Å². The molecule has 1 unspecified atom stereocenters. The molecule has 0 aliphatic carbocycles. The molecule has 0 radical (unpaired) electrons. The first-order valence-corrected chi connectivity index (χ1v) is 6.51. The van der Waals surface area contributed by atoms with Crippen molar-refractivity contribution in [3.63, 3.8) is 0 Å². The zero-order chi connectivity index (χ0) is 14.1. The predicted octanol–water partition coefficient (Wildman–Crippen LogP) is 1.90. The van der Waals surface area contributed by atoms with E-state index < -0.39 is 5.97 Å². The van der Waals surface area contributed by atoms with Gasteiger partial charge in [-0.15, -0.1) is 0 Å². The van der Waals surface area contributed by atoms with E-state index in [9.17, 15) is 9.59 Å². The molecular formula is C13H25NO4. The molecule has 1 N–H and O–H groups in total. The number of carbonyl (C=O) groups excluding carboxylic acids is 1. The molecule has 0 saturated carbocycles. The minimum Gasteiger partial charge on any atom is -0.480 e. The fourth-order valence-electron chi connectivity index (χ4n) is 1.54. The number of carboxylic acid groups (broad SMARTS) is 1. The van der Waals surface area contributed by atoms with Gasteiger partial charge >= 0.3 is 5.97 Å². The van der Waals surface area contributed by atoms with Gasteiger partial charge in [-0.1, -0.05) is 6.92 Å². The van der Waals surface area contributed by atoms with Crippen molar-refractivity contribution >= 4 is 11.9 Å². The molecular weight excluding hydrogens is 234 g/mol. The number of amides is 1. The van der Waals surface area contributed by atoms with Crippen molar-refractivity contribution in [3.05, 3.63) is 0 Å². The Labute approximate surface area is 109 Å². The van der Waals surface area contributed by atoms with Gasteiger partial charge in [-0.2, -0.15) is 0 Å². The van der Waals surface area contributed by atoms with E-state index in [0.29, 0.717) is 19.4 Å². The van der Waals surface area contributed by atoms with E-state index >= 15 is 0 Å². The third kappa shape index (κ3) is 7.27. The highest BCUT2D eigenvalue weighted by atomic mass is 16.5. The Bertz CT molecular complexity index is 266. The highest BCUT2D eigenvalue weighted by molar-refractivity contribution is 5.81. The van der Waals surface area contributed by atoms with Crippen LogP contribution in [0.3, 0.4) is 0 Å². The summed E-state index contributed by atoms with van der Waals surface area (Å²) in [5.74, 6) is -1.08. The van der Waals surface area contributed by atoms with Crippen LogP contribution in [0.2, 0.25) is 0 Å². The second-order valence-electron chi connectivity index (χ2n) is 4.70. The van der Waals surface area contributed by atoms with E-state index in [1.165, 1.54) is 4.90 Å². The van der Waals surface area contributed by atoms with Gasteiger partial charge in [-0.3, -0.25) is 9.59 Å². The first-order chi connectivity index (χ1) is 8.38. The molecule has 0 aliphatic heterocycles. The van der Waals surface area contributed by atoms with Gasteiger partial charge in [0.25, 0.3) is 0 Å². The number of rotatable bonds is 9. The molecule has 0 spiro atoms. The first-order valence-electron chi connectivity index (χ1n) is 6.51. The molecule has 0 fully saturated rings. The van der Waals surface area contributed by atoms with Gasteiger partial charge in [0.2, 0.25) is 5.91 Å². The number of nitrogens with zero attached hydrogens (tertiary/aromatic N) is 1. The molecule has 0 aliphatic rings. The maximum atomic E-state index is 11.9. The highest BCUT2D eigenvalue weighted by Gasteiger charge is 2.20. The second-order valence-corrected chi connectivity index (χ2v) is 4.70. The summed E-state index contributed by atoms with van der Waals surface area (Å²) >= 11 is 0. The van der Waals surface area contributed by atoms with Crippen LogP contribution in [0.15, 0.2) is 0 Å². The SMILES string of the molecule is CCC(C)N(CC(=O)O)C(=O)CCCOC(C)C. The van der Waals surface area contributed by atoms with Crippen LogP contribution in [0, 0.1) is 0 Å². The maximum absolute atomic E-state index is 11.9. The van der Waals surface area contributed by atoms with Gasteiger partial charge in [-0.25, -0.2) is 0 Å². The average Bonchev–Trinajstić information content (AvgIpc) is 2.29. The van der Waals surface area contributed by atoms with Crippen molar-refractivity contribution in [3.8, 4) is 0 Å². The molecule has 0 bridgehead atoms. The number of hydrogen-bond acceptors (Lipinski definition) is 3. The van der Waals surface area contributed by atoms with E-state index in [2.05, 4.69) is 0 Å². The molecule has 0 rings (SSSR count). The Morgan fingerprint density at radius 3 is 2.33 bits per heavy atom. The molecule has 5 heteroatoms. The summed E-state index contributed by atoms with van der Waals surface area (Å²) in [6.07, 6.45) is 1.87. The first kappa shape index (κ1) is 16.9. The van der Waals surface area contributed by atoms with Crippen molar-refractivity contribution in [2.45, 2.75) is 59.1 Å². The van der Waals surface area contributed by atoms with Crippen molar-refractivity contribution in [2.24, 2.45) is 0 Å². The standard InChI is InChI=1S/C13H25NO4/c1-5-11(4)14(9-13(16)17)12(15)7-6-8-18-10(2)3/h10-11H,5-9H2,1-4H3,(H,16,17). The Morgan fingerprint density at radius 1 is 1.28 bits per heavy atom. The van der Waals surface area contributed by atoms with E-state index in [0.717, 1.165) is 6.42 Å². The van der Waals surface area contributed by atoms with Crippen LogP contribution in [-0.4, -0.2) is 47.2 Å². The summed E-state index contributed by atoms with van der Waals surface area (Å²) < 4.78 is 5.35. The molecule has 1 atom stereocenters. The number of aliphatic carboxylic acids is 1. The minimum atomic E-state index is -0.970. The lowest BCUT2D eigenvalue weighted by atomic mass is 10.2.